The molecule has 1 aromatic rings. The van der Waals surface area contributed by atoms with Gasteiger partial charge in [0.25, 0.3) is 0 Å². The topological polar surface area (TPSA) is 77.0 Å². The summed E-state index contributed by atoms with van der Waals surface area (Å²) in [7, 11) is 0. The molecule has 1 aromatic heterocycles. The lowest BCUT2D eigenvalue weighted by atomic mass is 9.78. The second-order valence-corrected chi connectivity index (χ2v) is 5.93. The lowest BCUT2D eigenvalue weighted by Crippen LogP contribution is -2.19. The smallest absolute Gasteiger partial charge is 0.0997 e. The maximum absolute atomic E-state index is 9.14. The van der Waals surface area contributed by atoms with Crippen molar-refractivity contribution in [2.24, 2.45) is 11.7 Å². The van der Waals surface area contributed by atoms with E-state index < -0.39 is 0 Å². The van der Waals surface area contributed by atoms with E-state index >= 15 is 0 Å². The van der Waals surface area contributed by atoms with Gasteiger partial charge in [-0.15, -0.1) is 5.10 Å². The lowest BCUT2D eigenvalue weighted by molar-refractivity contribution is 0.256. The van der Waals surface area contributed by atoms with E-state index in [1.54, 1.807) is 0 Å². The molecule has 3 N–H and O–H groups in total. The molecule has 0 atom stereocenters. The van der Waals surface area contributed by atoms with Crippen molar-refractivity contribution in [3.05, 3.63) is 11.4 Å². The Balaban J connectivity index is 2.00. The summed E-state index contributed by atoms with van der Waals surface area (Å²) >= 11 is 0. The molecule has 20 heavy (non-hydrogen) atoms. The van der Waals surface area contributed by atoms with E-state index in [9.17, 15) is 0 Å². The van der Waals surface area contributed by atoms with E-state index in [0.717, 1.165) is 11.6 Å². The Morgan fingerprint density at radius 3 is 2.65 bits per heavy atom. The van der Waals surface area contributed by atoms with E-state index in [1.807, 2.05) is 4.68 Å². The van der Waals surface area contributed by atoms with E-state index in [0.29, 0.717) is 19.0 Å². The molecule has 0 amide bonds. The quantitative estimate of drug-likeness (QED) is 0.802. The van der Waals surface area contributed by atoms with Gasteiger partial charge in [0.2, 0.25) is 0 Å². The summed E-state index contributed by atoms with van der Waals surface area (Å²) in [5.41, 5.74) is 7.87. The van der Waals surface area contributed by atoms with Crippen LogP contribution in [0.15, 0.2) is 0 Å². The molecule has 2 rings (SSSR count). The third-order valence-electron chi connectivity index (χ3n) is 4.55. The number of aliphatic hydroxyl groups is 1. The summed E-state index contributed by atoms with van der Waals surface area (Å²) in [4.78, 5) is 0. The summed E-state index contributed by atoms with van der Waals surface area (Å²) in [6.45, 7) is 3.33. The summed E-state index contributed by atoms with van der Waals surface area (Å²) in [5.74, 6) is 1.42. The van der Waals surface area contributed by atoms with E-state index in [4.69, 9.17) is 10.8 Å². The van der Waals surface area contributed by atoms with Crippen molar-refractivity contribution in [1.82, 2.24) is 15.0 Å². The third kappa shape index (κ3) is 3.58. The molecule has 0 saturated heterocycles. The van der Waals surface area contributed by atoms with Crippen molar-refractivity contribution in [2.45, 2.75) is 70.9 Å². The van der Waals surface area contributed by atoms with Gasteiger partial charge in [0.1, 0.15) is 0 Å². The maximum Gasteiger partial charge on any atom is 0.0997 e. The predicted octanol–water partition coefficient (Wildman–Crippen LogP) is 2.19. The Hall–Kier alpha value is -0.940. The van der Waals surface area contributed by atoms with Crippen molar-refractivity contribution in [1.29, 1.82) is 0 Å². The number of nitrogens with two attached hydrogens (primary N) is 1. The Morgan fingerprint density at radius 2 is 2.05 bits per heavy atom. The molecule has 1 saturated carbocycles. The highest BCUT2D eigenvalue weighted by atomic mass is 16.3. The molecular weight excluding hydrogens is 252 g/mol. The van der Waals surface area contributed by atoms with Gasteiger partial charge in [-0.2, -0.15) is 0 Å². The standard InChI is InChI=1S/C15H28N4O/c1-2-3-4-12-5-7-13(8-6-12)15-14(11-16)17-18-19(15)9-10-20/h12-13,20H,2-11,16H2,1H3. The van der Waals surface area contributed by atoms with Gasteiger partial charge in [-0.3, -0.25) is 0 Å². The van der Waals surface area contributed by atoms with Crippen LogP contribution in [-0.4, -0.2) is 26.7 Å². The van der Waals surface area contributed by atoms with Gasteiger partial charge in [0, 0.05) is 12.5 Å². The highest BCUT2D eigenvalue weighted by Gasteiger charge is 2.27. The molecule has 1 aliphatic rings. The van der Waals surface area contributed by atoms with Crippen LogP contribution in [0.3, 0.4) is 0 Å². The van der Waals surface area contributed by atoms with Crippen molar-refractivity contribution in [3.63, 3.8) is 0 Å². The van der Waals surface area contributed by atoms with E-state index in [1.165, 1.54) is 50.6 Å². The Morgan fingerprint density at radius 1 is 1.30 bits per heavy atom. The second-order valence-electron chi connectivity index (χ2n) is 5.93. The van der Waals surface area contributed by atoms with Crippen LogP contribution in [0.1, 0.15) is 69.2 Å². The van der Waals surface area contributed by atoms with Gasteiger partial charge in [-0.05, 0) is 31.6 Å². The molecule has 1 heterocycles. The monoisotopic (exact) mass is 280 g/mol. The Bertz CT molecular complexity index is 397. The minimum absolute atomic E-state index is 0.103. The number of aliphatic hydroxyl groups excluding tert-OH is 1. The number of hydrogen-bond acceptors (Lipinski definition) is 4. The zero-order valence-electron chi connectivity index (χ0n) is 12.6. The number of rotatable bonds is 7. The van der Waals surface area contributed by atoms with Gasteiger partial charge in [0.05, 0.1) is 24.5 Å². The zero-order valence-corrected chi connectivity index (χ0v) is 12.6. The number of unbranched alkanes of at least 4 members (excludes halogenated alkanes) is 1. The Labute approximate surface area is 121 Å². The summed E-state index contributed by atoms with van der Waals surface area (Å²) in [6, 6.07) is 0. The van der Waals surface area contributed by atoms with Crippen LogP contribution >= 0.6 is 0 Å². The summed E-state index contributed by atoms with van der Waals surface area (Å²) < 4.78 is 1.86. The predicted molar refractivity (Wildman–Crippen MR) is 79.2 cm³/mol. The first-order valence-corrected chi connectivity index (χ1v) is 8.03. The molecule has 5 nitrogen and oxygen atoms in total. The molecule has 1 aliphatic carbocycles. The molecule has 114 valence electrons. The first-order valence-electron chi connectivity index (χ1n) is 8.03. The fourth-order valence-corrected chi connectivity index (χ4v) is 3.43. The molecule has 5 heteroatoms. The highest BCUT2D eigenvalue weighted by molar-refractivity contribution is 5.16. The van der Waals surface area contributed by atoms with Crippen LogP contribution in [0.25, 0.3) is 0 Å². The minimum atomic E-state index is 0.103. The summed E-state index contributed by atoms with van der Waals surface area (Å²) in [6.07, 6.45) is 9.05. The van der Waals surface area contributed by atoms with Crippen molar-refractivity contribution in [3.8, 4) is 0 Å². The van der Waals surface area contributed by atoms with Gasteiger partial charge >= 0.3 is 0 Å². The van der Waals surface area contributed by atoms with Crippen LogP contribution in [0.5, 0.6) is 0 Å². The largest absolute Gasteiger partial charge is 0.394 e. The molecular formula is C15H28N4O. The van der Waals surface area contributed by atoms with E-state index in [2.05, 4.69) is 17.2 Å². The van der Waals surface area contributed by atoms with Crippen molar-refractivity contribution in [2.75, 3.05) is 6.61 Å². The highest BCUT2D eigenvalue weighted by Crippen LogP contribution is 2.38. The van der Waals surface area contributed by atoms with Crippen LogP contribution < -0.4 is 5.73 Å². The SMILES string of the molecule is CCCCC1CCC(c2c(CN)nnn2CCO)CC1. The molecule has 0 bridgehead atoms. The normalized spacial score (nSPS) is 23.1. The first-order chi connectivity index (χ1) is 9.80. The van der Waals surface area contributed by atoms with Gasteiger partial charge in [0.15, 0.2) is 0 Å². The Kier molecular flexibility index (Phi) is 5.98. The lowest BCUT2D eigenvalue weighted by Gasteiger charge is -2.29. The fraction of sp³-hybridized carbons (Fsp3) is 0.867. The summed E-state index contributed by atoms with van der Waals surface area (Å²) in [5, 5.41) is 17.5. The van der Waals surface area contributed by atoms with Gasteiger partial charge < -0.3 is 10.8 Å². The number of aromatic nitrogens is 3. The molecule has 0 spiro atoms. The first kappa shape index (κ1) is 15.4. The molecule has 0 aliphatic heterocycles. The average Bonchev–Trinajstić information content (AvgIpc) is 2.89. The average molecular weight is 280 g/mol. The van der Waals surface area contributed by atoms with Crippen LogP contribution in [-0.2, 0) is 13.1 Å². The van der Waals surface area contributed by atoms with Gasteiger partial charge in [-0.1, -0.05) is 31.4 Å². The van der Waals surface area contributed by atoms with Crippen molar-refractivity contribution < 1.29 is 5.11 Å². The maximum atomic E-state index is 9.14. The number of nitrogens with zero attached hydrogens (tertiary/aromatic N) is 3. The van der Waals surface area contributed by atoms with Crippen LogP contribution in [0.2, 0.25) is 0 Å². The molecule has 0 radical (unpaired) electrons. The minimum Gasteiger partial charge on any atom is -0.394 e. The second kappa shape index (κ2) is 7.74. The van der Waals surface area contributed by atoms with Crippen LogP contribution in [0.4, 0.5) is 0 Å². The molecule has 0 aromatic carbocycles. The van der Waals surface area contributed by atoms with Crippen LogP contribution in [0, 0.1) is 5.92 Å². The third-order valence-corrected chi connectivity index (χ3v) is 4.55. The van der Waals surface area contributed by atoms with Crippen molar-refractivity contribution >= 4 is 0 Å². The molecule has 0 unspecified atom stereocenters. The van der Waals surface area contributed by atoms with Gasteiger partial charge in [-0.25, -0.2) is 4.68 Å². The van der Waals surface area contributed by atoms with E-state index in [-0.39, 0.29) is 6.61 Å². The fourth-order valence-electron chi connectivity index (χ4n) is 3.43. The molecule has 1 fully saturated rings. The number of hydrogen-bond donors (Lipinski definition) is 2. The zero-order chi connectivity index (χ0) is 14.4.